The molecule has 2 aromatic heterocycles. The minimum atomic E-state index is 0.230. The van der Waals surface area contributed by atoms with Crippen LogP contribution in [0.4, 0.5) is 0 Å². The molecule has 5 heteroatoms. The highest BCUT2D eigenvalue weighted by Gasteiger charge is 2.05. The van der Waals surface area contributed by atoms with Crippen LogP contribution in [-0.2, 0) is 6.54 Å². The zero-order chi connectivity index (χ0) is 10.5. The number of pyridine rings is 1. The number of hydrogen-bond donors (Lipinski definition) is 1. The van der Waals surface area contributed by atoms with Gasteiger partial charge >= 0.3 is 0 Å². The highest BCUT2D eigenvalue weighted by Crippen LogP contribution is 2.08. The van der Waals surface area contributed by atoms with Crippen molar-refractivity contribution in [1.82, 2.24) is 19.9 Å². The van der Waals surface area contributed by atoms with Gasteiger partial charge < -0.3 is 5.32 Å². The molecule has 2 rings (SSSR count). The van der Waals surface area contributed by atoms with Crippen molar-refractivity contribution in [1.29, 1.82) is 0 Å². The third-order valence-corrected chi connectivity index (χ3v) is 2.68. The normalized spacial score (nSPS) is 12.6. The molecule has 0 spiro atoms. The molecule has 0 amide bonds. The first-order valence-corrected chi connectivity index (χ1v) is 5.60. The van der Waals surface area contributed by atoms with E-state index in [9.17, 15) is 0 Å². The fraction of sp³-hybridized carbons (Fsp3) is 0.300. The summed E-state index contributed by atoms with van der Waals surface area (Å²) in [4.78, 5) is 4.28. The van der Waals surface area contributed by atoms with Gasteiger partial charge in [-0.3, -0.25) is 4.98 Å². The Morgan fingerprint density at radius 1 is 1.47 bits per heavy atom. The van der Waals surface area contributed by atoms with Crippen molar-refractivity contribution in [3.8, 4) is 0 Å². The van der Waals surface area contributed by atoms with Crippen molar-refractivity contribution in [2.45, 2.75) is 19.5 Å². The van der Waals surface area contributed by atoms with E-state index in [1.54, 1.807) is 6.20 Å². The van der Waals surface area contributed by atoms with Gasteiger partial charge in [0.2, 0.25) is 0 Å². The predicted octanol–water partition coefficient (Wildman–Crippen LogP) is 1.78. The summed E-state index contributed by atoms with van der Waals surface area (Å²) in [6, 6.07) is 6.15. The maximum atomic E-state index is 4.28. The quantitative estimate of drug-likeness (QED) is 0.853. The van der Waals surface area contributed by atoms with Crippen LogP contribution in [0.15, 0.2) is 29.8 Å². The van der Waals surface area contributed by atoms with Gasteiger partial charge in [0.25, 0.3) is 0 Å². The summed E-state index contributed by atoms with van der Waals surface area (Å²) < 4.78 is 3.81. The van der Waals surface area contributed by atoms with E-state index in [1.807, 2.05) is 23.6 Å². The van der Waals surface area contributed by atoms with Crippen LogP contribution in [0.2, 0.25) is 0 Å². The molecular formula is C10H12N4S. The Kier molecular flexibility index (Phi) is 3.37. The van der Waals surface area contributed by atoms with Gasteiger partial charge in [0, 0.05) is 24.2 Å². The molecule has 0 unspecified atom stereocenters. The Morgan fingerprint density at radius 3 is 3.07 bits per heavy atom. The second kappa shape index (κ2) is 4.95. The smallest absolute Gasteiger partial charge is 0.0893 e. The fourth-order valence-corrected chi connectivity index (χ4v) is 1.71. The van der Waals surface area contributed by atoms with Crippen LogP contribution in [0.1, 0.15) is 24.4 Å². The van der Waals surface area contributed by atoms with Crippen molar-refractivity contribution < 1.29 is 0 Å². The lowest BCUT2D eigenvalue weighted by atomic mass is 10.2. The van der Waals surface area contributed by atoms with E-state index < -0.39 is 0 Å². The second-order valence-corrected chi connectivity index (χ2v) is 3.86. The van der Waals surface area contributed by atoms with Gasteiger partial charge in [-0.15, -0.1) is 5.10 Å². The summed E-state index contributed by atoms with van der Waals surface area (Å²) in [5.74, 6) is 0. The average Bonchev–Trinajstić information content (AvgIpc) is 2.80. The standard InChI is InChI=1S/C10H12N4S/c1-8(10-4-2-3-5-11-10)12-6-9-7-15-14-13-9/h2-5,7-8,12H,6H2,1H3/t8-/m1/s1. The highest BCUT2D eigenvalue weighted by atomic mass is 32.1. The molecule has 0 aliphatic carbocycles. The molecule has 0 aromatic carbocycles. The van der Waals surface area contributed by atoms with Crippen molar-refractivity contribution in [3.63, 3.8) is 0 Å². The highest BCUT2D eigenvalue weighted by molar-refractivity contribution is 7.03. The van der Waals surface area contributed by atoms with Gasteiger partial charge in [-0.25, -0.2) is 0 Å². The summed E-state index contributed by atoms with van der Waals surface area (Å²) >= 11 is 1.37. The van der Waals surface area contributed by atoms with Crippen LogP contribution in [0.5, 0.6) is 0 Å². The summed E-state index contributed by atoms with van der Waals surface area (Å²) in [6.45, 7) is 2.82. The Labute approximate surface area is 92.5 Å². The van der Waals surface area contributed by atoms with Crippen molar-refractivity contribution in [2.24, 2.45) is 0 Å². The molecule has 1 N–H and O–H groups in total. The molecule has 0 bridgehead atoms. The first kappa shape index (κ1) is 10.2. The maximum Gasteiger partial charge on any atom is 0.0893 e. The van der Waals surface area contributed by atoms with Gasteiger partial charge in [-0.05, 0) is 30.6 Å². The number of nitrogens with zero attached hydrogens (tertiary/aromatic N) is 3. The van der Waals surface area contributed by atoms with Crippen molar-refractivity contribution in [3.05, 3.63) is 41.2 Å². The average molecular weight is 220 g/mol. The Hall–Kier alpha value is -1.33. The van der Waals surface area contributed by atoms with E-state index >= 15 is 0 Å². The Balaban J connectivity index is 1.90. The maximum absolute atomic E-state index is 4.28. The van der Waals surface area contributed by atoms with Gasteiger partial charge in [-0.2, -0.15) is 0 Å². The molecule has 0 aliphatic heterocycles. The van der Waals surface area contributed by atoms with Crippen LogP contribution in [0.25, 0.3) is 0 Å². The first-order valence-electron chi connectivity index (χ1n) is 4.76. The molecule has 0 fully saturated rings. The molecule has 15 heavy (non-hydrogen) atoms. The van der Waals surface area contributed by atoms with E-state index in [2.05, 4.69) is 26.8 Å². The molecule has 1 atom stereocenters. The third kappa shape index (κ3) is 2.81. The molecule has 0 saturated carbocycles. The molecule has 0 radical (unpaired) electrons. The molecule has 2 aromatic rings. The van der Waals surface area contributed by atoms with Crippen LogP contribution < -0.4 is 5.32 Å². The van der Waals surface area contributed by atoms with E-state index in [1.165, 1.54) is 11.5 Å². The van der Waals surface area contributed by atoms with E-state index in [0.717, 1.165) is 17.9 Å². The summed E-state index contributed by atoms with van der Waals surface area (Å²) in [5.41, 5.74) is 2.02. The van der Waals surface area contributed by atoms with Crippen LogP contribution in [0, 0.1) is 0 Å². The third-order valence-electron chi connectivity index (χ3n) is 2.13. The number of hydrogen-bond acceptors (Lipinski definition) is 5. The van der Waals surface area contributed by atoms with Gasteiger partial charge in [0.15, 0.2) is 0 Å². The molecule has 0 aliphatic rings. The predicted molar refractivity (Wildman–Crippen MR) is 59.4 cm³/mol. The molecule has 2 heterocycles. The van der Waals surface area contributed by atoms with Gasteiger partial charge in [-0.1, -0.05) is 10.6 Å². The summed E-state index contributed by atoms with van der Waals surface area (Å²) in [5, 5.41) is 9.25. The van der Waals surface area contributed by atoms with Crippen molar-refractivity contribution in [2.75, 3.05) is 0 Å². The summed E-state index contributed by atoms with van der Waals surface area (Å²) in [7, 11) is 0. The Morgan fingerprint density at radius 2 is 2.40 bits per heavy atom. The monoisotopic (exact) mass is 220 g/mol. The molecule has 78 valence electrons. The Bertz CT molecular complexity index is 387. The van der Waals surface area contributed by atoms with E-state index in [0.29, 0.717) is 0 Å². The van der Waals surface area contributed by atoms with Crippen LogP contribution in [-0.4, -0.2) is 14.6 Å². The van der Waals surface area contributed by atoms with Crippen LogP contribution >= 0.6 is 11.5 Å². The second-order valence-electron chi connectivity index (χ2n) is 3.25. The van der Waals surface area contributed by atoms with Crippen LogP contribution in [0.3, 0.4) is 0 Å². The lowest BCUT2D eigenvalue weighted by Gasteiger charge is -2.11. The molecule has 0 saturated heterocycles. The minimum Gasteiger partial charge on any atom is -0.303 e. The van der Waals surface area contributed by atoms with Gasteiger partial charge in [0.1, 0.15) is 0 Å². The fourth-order valence-electron chi connectivity index (χ4n) is 1.26. The van der Waals surface area contributed by atoms with Crippen molar-refractivity contribution >= 4 is 11.5 Å². The lowest BCUT2D eigenvalue weighted by Crippen LogP contribution is -2.19. The van der Waals surface area contributed by atoms with E-state index in [4.69, 9.17) is 0 Å². The largest absolute Gasteiger partial charge is 0.303 e. The SMILES string of the molecule is C[C@@H](NCc1csnn1)c1ccccn1. The molecular weight excluding hydrogens is 208 g/mol. The first-order chi connectivity index (χ1) is 7.36. The zero-order valence-corrected chi connectivity index (χ0v) is 9.24. The van der Waals surface area contributed by atoms with Gasteiger partial charge in [0.05, 0.1) is 11.4 Å². The summed E-state index contributed by atoms with van der Waals surface area (Å²) in [6.07, 6.45) is 1.80. The number of nitrogens with one attached hydrogen (secondary N) is 1. The topological polar surface area (TPSA) is 50.7 Å². The number of rotatable bonds is 4. The molecule has 4 nitrogen and oxygen atoms in total. The van der Waals surface area contributed by atoms with E-state index in [-0.39, 0.29) is 6.04 Å². The lowest BCUT2D eigenvalue weighted by molar-refractivity contribution is 0.554. The zero-order valence-electron chi connectivity index (χ0n) is 8.42. The number of aromatic nitrogens is 3. The minimum absolute atomic E-state index is 0.230.